The Kier molecular flexibility index (Phi) is 4.00. The van der Waals surface area contributed by atoms with E-state index in [9.17, 15) is 17.6 Å². The Labute approximate surface area is 92.4 Å². The van der Waals surface area contributed by atoms with Crippen molar-refractivity contribution in [2.75, 3.05) is 0 Å². The van der Waals surface area contributed by atoms with Crippen LogP contribution < -0.4 is 4.65 Å². The highest BCUT2D eigenvalue weighted by Gasteiger charge is 2.28. The minimum atomic E-state index is -2.51. The van der Waals surface area contributed by atoms with Crippen molar-refractivity contribution in [2.45, 2.75) is 5.88 Å². The summed E-state index contributed by atoms with van der Waals surface area (Å²) in [4.78, 5) is 0. The predicted molar refractivity (Wildman–Crippen MR) is 46.7 cm³/mol. The maximum absolute atomic E-state index is 13.1. The van der Waals surface area contributed by atoms with Crippen molar-refractivity contribution in [1.82, 2.24) is 0 Å². The summed E-state index contributed by atoms with van der Waals surface area (Å²) in [5.41, 5.74) is -0.842. The molecular weight excluding hydrogens is 254 g/mol. The smallest absolute Gasteiger partial charge is 0.509 e. The van der Waals surface area contributed by atoms with Gasteiger partial charge in [-0.3, -0.25) is 0 Å². The first-order valence-corrected chi connectivity index (χ1v) is 4.37. The molecule has 9 heteroatoms. The fourth-order valence-electron chi connectivity index (χ4n) is 1.00. The molecule has 16 heavy (non-hydrogen) atoms. The van der Waals surface area contributed by atoms with E-state index in [1.165, 1.54) is 0 Å². The first-order valence-electron chi connectivity index (χ1n) is 3.83. The third kappa shape index (κ3) is 2.23. The van der Waals surface area contributed by atoms with Gasteiger partial charge in [-0.25, -0.2) is 13.2 Å². The second-order valence-corrected chi connectivity index (χ2v) is 2.91. The molecule has 0 aliphatic heterocycles. The maximum Gasteiger partial charge on any atom is 0.707 e. The third-order valence-electron chi connectivity index (χ3n) is 1.67. The van der Waals surface area contributed by atoms with E-state index < -0.39 is 47.8 Å². The first kappa shape index (κ1) is 13.1. The summed E-state index contributed by atoms with van der Waals surface area (Å²) in [5, 5.41) is 16.8. The molecule has 0 radical (unpaired) electrons. The summed E-state index contributed by atoms with van der Waals surface area (Å²) in [5.74, 6) is -9.72. The van der Waals surface area contributed by atoms with Gasteiger partial charge in [-0.05, 0) is 0 Å². The number of benzene rings is 1. The highest BCUT2D eigenvalue weighted by molar-refractivity contribution is 6.33. The van der Waals surface area contributed by atoms with Gasteiger partial charge in [0, 0.05) is 5.56 Å². The Hall–Kier alpha value is -0.985. The Bertz CT molecular complexity index is 415. The van der Waals surface area contributed by atoms with Crippen molar-refractivity contribution in [1.29, 1.82) is 0 Å². The molecule has 0 aromatic heterocycles. The number of halogens is 5. The van der Waals surface area contributed by atoms with Gasteiger partial charge in [-0.15, -0.1) is 11.6 Å². The molecule has 0 aliphatic rings. The van der Waals surface area contributed by atoms with Gasteiger partial charge in [0.05, 0.1) is 5.88 Å². The van der Waals surface area contributed by atoms with Crippen molar-refractivity contribution in [2.24, 2.45) is 0 Å². The molecule has 0 saturated heterocycles. The summed E-state index contributed by atoms with van der Waals surface area (Å²) in [6.07, 6.45) is 0. The second-order valence-electron chi connectivity index (χ2n) is 2.64. The van der Waals surface area contributed by atoms with Gasteiger partial charge in [0.1, 0.15) is 5.75 Å². The second kappa shape index (κ2) is 4.90. The van der Waals surface area contributed by atoms with E-state index >= 15 is 0 Å². The molecule has 0 amide bonds. The fourth-order valence-corrected chi connectivity index (χ4v) is 1.24. The molecule has 3 nitrogen and oxygen atoms in total. The van der Waals surface area contributed by atoms with Gasteiger partial charge < -0.3 is 14.7 Å². The van der Waals surface area contributed by atoms with Crippen molar-refractivity contribution in [3.05, 3.63) is 28.8 Å². The number of alkyl halides is 1. The van der Waals surface area contributed by atoms with Crippen LogP contribution in [0.1, 0.15) is 5.56 Å². The minimum Gasteiger partial charge on any atom is -0.509 e. The summed E-state index contributed by atoms with van der Waals surface area (Å²) in [6, 6.07) is 0. The van der Waals surface area contributed by atoms with Crippen LogP contribution in [-0.2, 0) is 5.88 Å². The van der Waals surface area contributed by atoms with Gasteiger partial charge in [0.15, 0.2) is 11.6 Å². The van der Waals surface area contributed by atoms with E-state index in [0.29, 0.717) is 0 Å². The Morgan fingerprint density at radius 1 is 1.00 bits per heavy atom. The lowest BCUT2D eigenvalue weighted by molar-refractivity contribution is 0.274. The summed E-state index contributed by atoms with van der Waals surface area (Å²) >= 11 is 5.18. The predicted octanol–water partition coefficient (Wildman–Crippen LogP) is 1.33. The molecule has 0 aliphatic carbocycles. The molecule has 1 aromatic carbocycles. The van der Waals surface area contributed by atoms with Crippen LogP contribution in [0, 0.1) is 23.3 Å². The molecule has 0 unspecified atom stereocenters. The number of rotatable bonds is 3. The average molecular weight is 258 g/mol. The molecule has 2 N–H and O–H groups in total. The van der Waals surface area contributed by atoms with Crippen molar-refractivity contribution in [3.8, 4) is 5.75 Å². The quantitative estimate of drug-likeness (QED) is 0.283. The van der Waals surface area contributed by atoms with Crippen molar-refractivity contribution in [3.63, 3.8) is 0 Å². The zero-order valence-corrected chi connectivity index (χ0v) is 8.23. The summed E-state index contributed by atoms with van der Waals surface area (Å²) in [7, 11) is -2.51. The molecule has 0 heterocycles. The maximum atomic E-state index is 13.1. The topological polar surface area (TPSA) is 49.7 Å². The van der Waals surface area contributed by atoms with Gasteiger partial charge in [0.2, 0.25) is 11.6 Å². The highest BCUT2D eigenvalue weighted by Crippen LogP contribution is 2.31. The Morgan fingerprint density at radius 2 is 1.50 bits per heavy atom. The molecule has 0 spiro atoms. The monoisotopic (exact) mass is 258 g/mol. The Morgan fingerprint density at radius 3 is 1.94 bits per heavy atom. The van der Waals surface area contributed by atoms with Crippen LogP contribution in [0.3, 0.4) is 0 Å². The normalized spacial score (nSPS) is 10.4. The fraction of sp³-hybridized carbons (Fsp3) is 0.143. The molecule has 1 aromatic rings. The molecule has 0 bridgehead atoms. The van der Waals surface area contributed by atoms with E-state index in [1.807, 2.05) is 0 Å². The first-order chi connectivity index (χ1) is 7.40. The minimum absolute atomic E-state index is 0.734. The largest absolute Gasteiger partial charge is 0.707 e. The van der Waals surface area contributed by atoms with Crippen molar-refractivity contribution < 1.29 is 32.3 Å². The van der Waals surface area contributed by atoms with E-state index in [1.54, 1.807) is 0 Å². The van der Waals surface area contributed by atoms with Crippen LogP contribution in [0.4, 0.5) is 17.6 Å². The standard InChI is InChI=1S/C7H4BClF4O3/c9-1-2-3(10)4(11)5(12)6(13)7(2)16-8(14)15/h14-15H,1H2. The molecular formula is C7H4BClF4O3. The van der Waals surface area contributed by atoms with Crippen LogP contribution in [0.2, 0.25) is 0 Å². The highest BCUT2D eigenvalue weighted by atomic mass is 35.5. The SMILES string of the molecule is OB(O)Oc1c(F)c(F)c(F)c(F)c1CCl. The van der Waals surface area contributed by atoms with Gasteiger partial charge in [-0.1, -0.05) is 0 Å². The molecule has 0 fully saturated rings. The molecule has 0 atom stereocenters. The summed E-state index contributed by atoms with van der Waals surface area (Å²) < 4.78 is 55.6. The molecule has 1 rings (SSSR count). The van der Waals surface area contributed by atoms with Crippen LogP contribution in [0.25, 0.3) is 0 Å². The van der Waals surface area contributed by atoms with Crippen LogP contribution >= 0.6 is 11.6 Å². The lowest BCUT2D eigenvalue weighted by Gasteiger charge is -2.12. The van der Waals surface area contributed by atoms with Gasteiger partial charge in [-0.2, -0.15) is 4.39 Å². The zero-order valence-electron chi connectivity index (χ0n) is 7.48. The van der Waals surface area contributed by atoms with Crippen LogP contribution in [0.15, 0.2) is 0 Å². The van der Waals surface area contributed by atoms with Crippen LogP contribution in [-0.4, -0.2) is 17.4 Å². The van der Waals surface area contributed by atoms with E-state index in [2.05, 4.69) is 4.65 Å². The molecule has 0 saturated carbocycles. The number of hydrogen-bond acceptors (Lipinski definition) is 3. The van der Waals surface area contributed by atoms with Gasteiger partial charge >= 0.3 is 7.32 Å². The molecule has 88 valence electrons. The third-order valence-corrected chi connectivity index (χ3v) is 1.94. The lowest BCUT2D eigenvalue weighted by atomic mass is 10.1. The number of hydrogen-bond donors (Lipinski definition) is 2. The van der Waals surface area contributed by atoms with E-state index in [-0.39, 0.29) is 0 Å². The lowest BCUT2D eigenvalue weighted by Crippen LogP contribution is -2.23. The van der Waals surface area contributed by atoms with E-state index in [4.69, 9.17) is 21.6 Å². The van der Waals surface area contributed by atoms with Crippen molar-refractivity contribution >= 4 is 18.9 Å². The average Bonchev–Trinajstić information content (AvgIpc) is 2.23. The zero-order chi connectivity index (χ0) is 12.5. The van der Waals surface area contributed by atoms with E-state index in [0.717, 1.165) is 0 Å². The van der Waals surface area contributed by atoms with Gasteiger partial charge in [0.25, 0.3) is 0 Å². The van der Waals surface area contributed by atoms with Crippen LogP contribution in [0.5, 0.6) is 5.75 Å². The Balaban J connectivity index is 3.44. The summed E-state index contributed by atoms with van der Waals surface area (Å²) in [6.45, 7) is 0.